The van der Waals surface area contributed by atoms with Crippen LogP contribution in [-0.4, -0.2) is 46.1 Å². The van der Waals surface area contributed by atoms with E-state index in [1.54, 1.807) is 17.5 Å². The van der Waals surface area contributed by atoms with E-state index in [2.05, 4.69) is 34.0 Å². The van der Waals surface area contributed by atoms with Gasteiger partial charge in [-0.25, -0.2) is 14.4 Å². The maximum atomic E-state index is 12.9. The molecule has 1 aromatic carbocycles. The van der Waals surface area contributed by atoms with Gasteiger partial charge in [0.2, 0.25) is 0 Å². The van der Waals surface area contributed by atoms with Crippen LogP contribution in [0.5, 0.6) is 5.75 Å². The van der Waals surface area contributed by atoms with Gasteiger partial charge in [0, 0.05) is 30.4 Å². The van der Waals surface area contributed by atoms with Crippen LogP contribution in [0.2, 0.25) is 0 Å². The van der Waals surface area contributed by atoms with Crippen LogP contribution in [0, 0.1) is 5.82 Å². The molecule has 0 spiro atoms. The van der Waals surface area contributed by atoms with E-state index in [-0.39, 0.29) is 30.5 Å². The Balaban J connectivity index is 1.29. The molecule has 1 aliphatic heterocycles. The largest absolute Gasteiger partial charge is 0.486 e. The Labute approximate surface area is 187 Å². The van der Waals surface area contributed by atoms with Crippen LogP contribution in [0.4, 0.5) is 9.52 Å². The Morgan fingerprint density at radius 2 is 1.94 bits per heavy atom. The van der Waals surface area contributed by atoms with Crippen molar-refractivity contribution in [1.82, 2.24) is 14.9 Å². The highest BCUT2D eigenvalue weighted by molar-refractivity contribution is 7.14. The third-order valence-corrected chi connectivity index (χ3v) is 6.24. The quantitative estimate of drug-likeness (QED) is 0.568. The van der Waals surface area contributed by atoms with Crippen molar-refractivity contribution in [2.75, 3.05) is 18.4 Å². The third-order valence-electron chi connectivity index (χ3n) is 4.61. The maximum absolute atomic E-state index is 12.9. The standard InChI is InChI=1S/C21H23FN4O3S2/c1-13-7-26(8-14(2)29-13)9-16-11-31-21(23-16)25-20(27)18-12-30-19(24-18)10-28-17-5-3-15(22)4-6-17/h3-6,11-14H,7-10H2,1-2H3,(H,23,25,27). The average Bonchev–Trinajstić information content (AvgIpc) is 3.36. The van der Waals surface area contributed by atoms with Gasteiger partial charge in [0.05, 0.1) is 17.9 Å². The van der Waals surface area contributed by atoms with Crippen molar-refractivity contribution >= 4 is 33.7 Å². The molecule has 31 heavy (non-hydrogen) atoms. The van der Waals surface area contributed by atoms with Gasteiger partial charge < -0.3 is 9.47 Å². The van der Waals surface area contributed by atoms with Gasteiger partial charge >= 0.3 is 0 Å². The van der Waals surface area contributed by atoms with Crippen molar-refractivity contribution in [2.24, 2.45) is 0 Å². The van der Waals surface area contributed by atoms with Crippen LogP contribution in [0.15, 0.2) is 35.0 Å². The van der Waals surface area contributed by atoms with Gasteiger partial charge in [-0.05, 0) is 38.1 Å². The number of hydrogen-bond donors (Lipinski definition) is 1. The summed E-state index contributed by atoms with van der Waals surface area (Å²) in [6, 6.07) is 5.76. The smallest absolute Gasteiger partial charge is 0.276 e. The number of amides is 1. The van der Waals surface area contributed by atoms with E-state index in [1.165, 1.54) is 34.8 Å². The maximum Gasteiger partial charge on any atom is 0.276 e. The molecule has 2 unspecified atom stereocenters. The first-order chi connectivity index (χ1) is 14.9. The van der Waals surface area contributed by atoms with Gasteiger partial charge in [0.1, 0.15) is 28.9 Å². The number of carbonyl (C=O) groups is 1. The molecule has 1 fully saturated rings. The third kappa shape index (κ3) is 6.07. The topological polar surface area (TPSA) is 76.6 Å². The molecule has 1 N–H and O–H groups in total. The lowest BCUT2D eigenvalue weighted by atomic mass is 10.2. The highest BCUT2D eigenvalue weighted by Gasteiger charge is 2.23. The van der Waals surface area contributed by atoms with Crippen molar-refractivity contribution in [3.63, 3.8) is 0 Å². The van der Waals surface area contributed by atoms with Crippen LogP contribution in [0.3, 0.4) is 0 Å². The number of halogens is 1. The zero-order valence-electron chi connectivity index (χ0n) is 17.2. The lowest BCUT2D eigenvalue weighted by molar-refractivity contribution is -0.0707. The number of ether oxygens (including phenoxy) is 2. The summed E-state index contributed by atoms with van der Waals surface area (Å²) < 4.78 is 24.3. The van der Waals surface area contributed by atoms with Crippen molar-refractivity contribution < 1.29 is 18.7 Å². The highest BCUT2D eigenvalue weighted by Crippen LogP contribution is 2.21. The normalized spacial score (nSPS) is 19.3. The molecule has 10 heteroatoms. The minimum atomic E-state index is -0.319. The summed E-state index contributed by atoms with van der Waals surface area (Å²) in [5, 5.41) is 7.66. The second-order valence-corrected chi connectivity index (χ2v) is 9.22. The minimum absolute atomic E-state index is 0.201. The van der Waals surface area contributed by atoms with E-state index in [0.29, 0.717) is 21.6 Å². The molecule has 0 bridgehead atoms. The van der Waals surface area contributed by atoms with E-state index in [4.69, 9.17) is 9.47 Å². The van der Waals surface area contributed by atoms with Crippen LogP contribution in [-0.2, 0) is 17.9 Å². The molecule has 7 nitrogen and oxygen atoms in total. The first-order valence-corrected chi connectivity index (χ1v) is 11.7. The SMILES string of the molecule is CC1CN(Cc2csc(NC(=O)c3csc(COc4ccc(F)cc4)n3)n2)CC(C)O1. The number of nitrogens with zero attached hydrogens (tertiary/aromatic N) is 3. The molecule has 2 atom stereocenters. The number of hydrogen-bond acceptors (Lipinski definition) is 8. The summed E-state index contributed by atoms with van der Waals surface area (Å²) in [6.45, 7) is 6.81. The molecular formula is C21H23FN4O3S2. The Morgan fingerprint density at radius 1 is 1.19 bits per heavy atom. The molecule has 0 aliphatic carbocycles. The number of anilines is 1. The zero-order chi connectivity index (χ0) is 21.8. The lowest BCUT2D eigenvalue weighted by Gasteiger charge is -2.34. The Hall–Kier alpha value is -2.40. The predicted molar refractivity (Wildman–Crippen MR) is 118 cm³/mol. The van der Waals surface area contributed by atoms with Crippen molar-refractivity contribution in [3.8, 4) is 5.75 Å². The highest BCUT2D eigenvalue weighted by atomic mass is 32.1. The van der Waals surface area contributed by atoms with Crippen LogP contribution >= 0.6 is 22.7 Å². The van der Waals surface area contributed by atoms with Crippen LogP contribution in [0.1, 0.15) is 35.0 Å². The fraction of sp³-hybridized carbons (Fsp3) is 0.381. The number of morpholine rings is 1. The first kappa shape index (κ1) is 21.8. The molecule has 1 aliphatic rings. The van der Waals surface area contributed by atoms with Gasteiger partial charge in [-0.2, -0.15) is 0 Å². The summed E-state index contributed by atoms with van der Waals surface area (Å²) in [7, 11) is 0. The van der Waals surface area contributed by atoms with Gasteiger partial charge in [-0.15, -0.1) is 22.7 Å². The number of rotatable bonds is 7. The monoisotopic (exact) mass is 462 g/mol. The molecule has 0 radical (unpaired) electrons. The Bertz CT molecular complexity index is 1010. The molecule has 2 aromatic heterocycles. The van der Waals surface area contributed by atoms with Crippen molar-refractivity contribution in [3.05, 3.63) is 57.2 Å². The fourth-order valence-electron chi connectivity index (χ4n) is 3.40. The molecule has 1 amide bonds. The zero-order valence-corrected chi connectivity index (χ0v) is 18.8. The van der Waals surface area contributed by atoms with Gasteiger partial charge in [-0.1, -0.05) is 0 Å². The van der Waals surface area contributed by atoms with Crippen LogP contribution < -0.4 is 10.1 Å². The second-order valence-electron chi connectivity index (χ2n) is 7.42. The summed E-state index contributed by atoms with van der Waals surface area (Å²) in [6.07, 6.45) is 0.403. The van der Waals surface area contributed by atoms with E-state index >= 15 is 0 Å². The van der Waals surface area contributed by atoms with Gasteiger partial charge in [0.15, 0.2) is 5.13 Å². The summed E-state index contributed by atoms with van der Waals surface area (Å²) in [4.78, 5) is 23.7. The average molecular weight is 463 g/mol. The Kier molecular flexibility index (Phi) is 6.91. The fourth-order valence-corrected chi connectivity index (χ4v) is 4.78. The van der Waals surface area contributed by atoms with Crippen LogP contribution in [0.25, 0.3) is 0 Å². The molecule has 1 saturated heterocycles. The second kappa shape index (κ2) is 9.82. The minimum Gasteiger partial charge on any atom is -0.486 e. The molecule has 3 heterocycles. The van der Waals surface area contributed by atoms with Gasteiger partial charge in [0.25, 0.3) is 5.91 Å². The van der Waals surface area contributed by atoms with Gasteiger partial charge in [-0.3, -0.25) is 15.0 Å². The Morgan fingerprint density at radius 3 is 2.68 bits per heavy atom. The number of aromatic nitrogens is 2. The summed E-state index contributed by atoms with van der Waals surface area (Å²) in [5.74, 6) is -0.0827. The number of nitrogens with one attached hydrogen (secondary N) is 1. The van der Waals surface area contributed by atoms with E-state index < -0.39 is 0 Å². The lowest BCUT2D eigenvalue weighted by Crippen LogP contribution is -2.44. The first-order valence-electron chi connectivity index (χ1n) is 9.91. The van der Waals surface area contributed by atoms with E-state index in [0.717, 1.165) is 25.3 Å². The molecule has 0 saturated carbocycles. The predicted octanol–water partition coefficient (Wildman–Crippen LogP) is 4.18. The molecule has 4 rings (SSSR count). The summed E-state index contributed by atoms with van der Waals surface area (Å²) >= 11 is 2.73. The van der Waals surface area contributed by atoms with E-state index in [9.17, 15) is 9.18 Å². The number of benzene rings is 1. The molecule has 164 valence electrons. The number of carbonyl (C=O) groups excluding carboxylic acids is 1. The molecule has 3 aromatic rings. The van der Waals surface area contributed by atoms with Crippen molar-refractivity contribution in [1.29, 1.82) is 0 Å². The summed E-state index contributed by atoms with van der Waals surface area (Å²) in [5.41, 5.74) is 1.24. The molecular weight excluding hydrogens is 439 g/mol. The van der Waals surface area contributed by atoms with E-state index in [1.807, 2.05) is 5.38 Å². The van der Waals surface area contributed by atoms with Crippen molar-refractivity contribution in [2.45, 2.75) is 39.2 Å². The number of thiazole rings is 2.